The Morgan fingerprint density at radius 1 is 1.43 bits per heavy atom. The third kappa shape index (κ3) is 3.16. The molecule has 1 fully saturated rings. The Labute approximate surface area is 130 Å². The average molecular weight is 301 g/mol. The van der Waals surface area contributed by atoms with Gasteiger partial charge >= 0.3 is 0 Å². The molecule has 21 heavy (non-hydrogen) atoms. The van der Waals surface area contributed by atoms with Gasteiger partial charge in [0, 0.05) is 30.7 Å². The molecule has 2 aromatic rings. The normalized spacial score (nSPS) is 17.8. The van der Waals surface area contributed by atoms with Crippen molar-refractivity contribution in [2.75, 3.05) is 13.2 Å². The second-order valence-corrected chi connectivity index (χ2v) is 6.57. The van der Waals surface area contributed by atoms with Crippen molar-refractivity contribution in [3.63, 3.8) is 0 Å². The van der Waals surface area contributed by atoms with E-state index in [1.165, 1.54) is 10.4 Å². The number of pyridine rings is 1. The maximum absolute atomic E-state index is 5.52. The molecule has 1 atom stereocenters. The smallest absolute Gasteiger partial charge is 0.0986 e. The predicted molar refractivity (Wildman–Crippen MR) is 85.7 cm³/mol. The topological polar surface area (TPSA) is 35.0 Å². The minimum atomic E-state index is 0.482. The average Bonchev–Trinajstić information content (AvgIpc) is 3.08. The van der Waals surface area contributed by atoms with Gasteiger partial charge in [-0.3, -0.25) is 9.97 Å². The molecule has 2 aromatic heterocycles. The van der Waals surface area contributed by atoms with E-state index in [1.807, 2.05) is 11.7 Å². The first kappa shape index (κ1) is 14.7. The van der Waals surface area contributed by atoms with E-state index < -0.39 is 0 Å². The van der Waals surface area contributed by atoms with Gasteiger partial charge in [0.1, 0.15) is 0 Å². The molecule has 3 heterocycles. The summed E-state index contributed by atoms with van der Waals surface area (Å²) in [6, 6.07) is 2.30. The zero-order valence-electron chi connectivity index (χ0n) is 12.6. The van der Waals surface area contributed by atoms with Crippen LogP contribution in [0.1, 0.15) is 56.2 Å². The number of ether oxygens (including phenoxy) is 1. The minimum absolute atomic E-state index is 0.482. The van der Waals surface area contributed by atoms with Crippen molar-refractivity contribution in [2.45, 2.75) is 44.9 Å². The van der Waals surface area contributed by atoms with Gasteiger partial charge < -0.3 is 4.74 Å². The van der Waals surface area contributed by atoms with Crippen LogP contribution in [0.2, 0.25) is 0 Å². The van der Waals surface area contributed by atoms with Crippen molar-refractivity contribution in [3.05, 3.63) is 35.2 Å². The van der Waals surface area contributed by atoms with E-state index >= 15 is 0 Å². The Bertz CT molecular complexity index is 576. The van der Waals surface area contributed by atoms with Crippen LogP contribution in [0.25, 0.3) is 10.4 Å². The Kier molecular flexibility index (Phi) is 4.66. The standard InChI is InChI=1S/C17H21N2OS/c1-3-12(2)16-8-14(13-4-6-20-7-5-13)15(9-19-16)17-10-18-11-21-17/h8,10-13H,3-7H2,1-2H3. The van der Waals surface area contributed by atoms with Crippen molar-refractivity contribution in [3.8, 4) is 10.4 Å². The van der Waals surface area contributed by atoms with Gasteiger partial charge in [-0.1, -0.05) is 13.8 Å². The van der Waals surface area contributed by atoms with Crippen LogP contribution in [-0.4, -0.2) is 23.2 Å². The molecule has 0 aromatic carbocycles. The highest BCUT2D eigenvalue weighted by atomic mass is 32.1. The molecule has 0 bridgehead atoms. The van der Waals surface area contributed by atoms with Gasteiger partial charge in [-0.25, -0.2) is 0 Å². The maximum Gasteiger partial charge on any atom is 0.0986 e. The first-order valence-corrected chi connectivity index (χ1v) is 8.56. The highest BCUT2D eigenvalue weighted by molar-refractivity contribution is 7.13. The molecule has 0 spiro atoms. The molecule has 0 N–H and O–H groups in total. The van der Waals surface area contributed by atoms with E-state index in [4.69, 9.17) is 4.74 Å². The largest absolute Gasteiger partial charge is 0.381 e. The highest BCUT2D eigenvalue weighted by Gasteiger charge is 2.22. The third-order valence-corrected chi connectivity index (χ3v) is 5.14. The van der Waals surface area contributed by atoms with Gasteiger partial charge in [-0.05, 0) is 42.7 Å². The van der Waals surface area contributed by atoms with Crippen LogP contribution in [0.5, 0.6) is 0 Å². The summed E-state index contributed by atoms with van der Waals surface area (Å²) in [6.45, 7) is 6.15. The van der Waals surface area contributed by atoms with Crippen molar-refractivity contribution < 1.29 is 4.74 Å². The van der Waals surface area contributed by atoms with Gasteiger partial charge in [0.25, 0.3) is 0 Å². The molecule has 1 saturated heterocycles. The third-order valence-electron chi connectivity index (χ3n) is 4.35. The van der Waals surface area contributed by atoms with Crippen LogP contribution in [-0.2, 0) is 4.74 Å². The predicted octanol–water partition coefficient (Wildman–Crippen LogP) is 4.41. The van der Waals surface area contributed by atoms with Crippen LogP contribution in [0.15, 0.2) is 17.8 Å². The van der Waals surface area contributed by atoms with Crippen molar-refractivity contribution in [1.82, 2.24) is 9.97 Å². The van der Waals surface area contributed by atoms with E-state index in [0.717, 1.165) is 43.7 Å². The molecule has 111 valence electrons. The summed E-state index contributed by atoms with van der Waals surface area (Å²) in [5.41, 5.74) is 5.55. The lowest BCUT2D eigenvalue weighted by molar-refractivity contribution is 0.0854. The van der Waals surface area contributed by atoms with Crippen molar-refractivity contribution in [1.29, 1.82) is 0 Å². The maximum atomic E-state index is 5.52. The lowest BCUT2D eigenvalue weighted by Gasteiger charge is -2.25. The fourth-order valence-electron chi connectivity index (χ4n) is 2.78. The molecule has 0 amide bonds. The number of nitrogens with zero attached hydrogens (tertiary/aromatic N) is 2. The lowest BCUT2D eigenvalue weighted by Crippen LogP contribution is -2.15. The first-order chi connectivity index (χ1) is 10.3. The summed E-state index contributed by atoms with van der Waals surface area (Å²) < 4.78 is 5.52. The molecule has 1 aliphatic rings. The molecule has 1 radical (unpaired) electrons. The molecule has 0 saturated carbocycles. The fraction of sp³-hybridized carbons (Fsp3) is 0.529. The summed E-state index contributed by atoms with van der Waals surface area (Å²) in [4.78, 5) is 9.95. The zero-order valence-corrected chi connectivity index (χ0v) is 13.4. The van der Waals surface area contributed by atoms with Gasteiger partial charge in [0.2, 0.25) is 0 Å². The van der Waals surface area contributed by atoms with Crippen LogP contribution >= 0.6 is 11.3 Å². The Morgan fingerprint density at radius 3 is 2.90 bits per heavy atom. The molecule has 1 unspecified atom stereocenters. The molecule has 3 nitrogen and oxygen atoms in total. The second kappa shape index (κ2) is 6.67. The molecule has 0 aliphatic carbocycles. The summed E-state index contributed by atoms with van der Waals surface area (Å²) in [6.07, 6.45) is 8.50. The molecule has 1 aliphatic heterocycles. The summed E-state index contributed by atoms with van der Waals surface area (Å²) in [5, 5.41) is 0. The monoisotopic (exact) mass is 301 g/mol. The Morgan fingerprint density at radius 2 is 2.24 bits per heavy atom. The van der Waals surface area contributed by atoms with Crippen molar-refractivity contribution in [2.24, 2.45) is 0 Å². The second-order valence-electron chi connectivity index (χ2n) is 5.68. The minimum Gasteiger partial charge on any atom is -0.381 e. The van der Waals surface area contributed by atoms with Gasteiger partial charge in [-0.15, -0.1) is 11.3 Å². The highest BCUT2D eigenvalue weighted by Crippen LogP contribution is 2.37. The Hall–Kier alpha value is -1.26. The van der Waals surface area contributed by atoms with Crippen LogP contribution in [0.4, 0.5) is 0 Å². The van der Waals surface area contributed by atoms with Gasteiger partial charge in [0.05, 0.1) is 16.6 Å². The molecular weight excluding hydrogens is 280 g/mol. The SMILES string of the molecule is CCC(C)c1cc(C2CCOCC2)c(-c2cncs2)[c]n1. The molecule has 3 rings (SSSR count). The van der Waals surface area contributed by atoms with E-state index in [-0.39, 0.29) is 0 Å². The number of hydrogen-bond acceptors (Lipinski definition) is 4. The first-order valence-electron chi connectivity index (χ1n) is 7.68. The van der Waals surface area contributed by atoms with Gasteiger partial charge in [-0.2, -0.15) is 0 Å². The number of thiazole rings is 1. The molecule has 4 heteroatoms. The van der Waals surface area contributed by atoms with E-state index in [1.54, 1.807) is 11.3 Å². The quantitative estimate of drug-likeness (QED) is 0.839. The number of rotatable bonds is 4. The summed E-state index contributed by atoms with van der Waals surface area (Å²) >= 11 is 1.66. The van der Waals surface area contributed by atoms with Crippen molar-refractivity contribution >= 4 is 11.3 Å². The van der Waals surface area contributed by atoms with Crippen LogP contribution in [0.3, 0.4) is 0 Å². The molecular formula is C17H21N2OS. The van der Waals surface area contributed by atoms with Crippen LogP contribution in [0, 0.1) is 6.20 Å². The lowest BCUT2D eigenvalue weighted by atomic mass is 9.87. The van der Waals surface area contributed by atoms with E-state index in [0.29, 0.717) is 11.8 Å². The zero-order chi connectivity index (χ0) is 14.7. The van der Waals surface area contributed by atoms with Crippen LogP contribution < -0.4 is 0 Å². The van der Waals surface area contributed by atoms with E-state index in [9.17, 15) is 0 Å². The summed E-state index contributed by atoms with van der Waals surface area (Å²) in [7, 11) is 0. The van der Waals surface area contributed by atoms with Gasteiger partial charge in [0.15, 0.2) is 0 Å². The van der Waals surface area contributed by atoms with E-state index in [2.05, 4.69) is 36.1 Å². The Balaban J connectivity index is 2.02. The number of aromatic nitrogens is 2. The fourth-order valence-corrected chi connectivity index (χ4v) is 3.42. The summed E-state index contributed by atoms with van der Waals surface area (Å²) in [5.74, 6) is 1.04. The number of hydrogen-bond donors (Lipinski definition) is 0.